The third kappa shape index (κ3) is 10.3. The van der Waals surface area contributed by atoms with Crippen LogP contribution < -0.4 is 5.73 Å². The molecule has 0 atom stereocenters. The SMILES string of the molecule is CC(C)(N)CSCCS(C)(=O)=O. The first-order chi connectivity index (χ1) is 5.21. The quantitative estimate of drug-likeness (QED) is 0.673. The van der Waals surface area contributed by atoms with Gasteiger partial charge in [-0.3, -0.25) is 0 Å². The van der Waals surface area contributed by atoms with Crippen LogP contribution in [0.5, 0.6) is 0 Å². The van der Waals surface area contributed by atoms with Crippen LogP contribution in [-0.2, 0) is 9.84 Å². The molecule has 74 valence electrons. The number of nitrogens with two attached hydrogens (primary N) is 1. The van der Waals surface area contributed by atoms with Crippen molar-refractivity contribution in [1.29, 1.82) is 0 Å². The largest absolute Gasteiger partial charge is 0.325 e. The average molecular weight is 211 g/mol. The van der Waals surface area contributed by atoms with E-state index in [1.165, 1.54) is 6.26 Å². The Morgan fingerprint density at radius 3 is 2.25 bits per heavy atom. The van der Waals surface area contributed by atoms with Gasteiger partial charge in [-0.1, -0.05) is 0 Å². The second kappa shape index (κ2) is 4.48. The molecule has 0 unspecified atom stereocenters. The first-order valence-corrected chi connectivity index (χ1v) is 6.97. The fraction of sp³-hybridized carbons (Fsp3) is 1.00. The van der Waals surface area contributed by atoms with Crippen molar-refractivity contribution in [1.82, 2.24) is 0 Å². The van der Waals surface area contributed by atoms with E-state index >= 15 is 0 Å². The smallest absolute Gasteiger partial charge is 0.148 e. The molecular weight excluding hydrogens is 194 g/mol. The zero-order chi connectivity index (χ0) is 9.83. The first kappa shape index (κ1) is 12.3. The van der Waals surface area contributed by atoms with Gasteiger partial charge in [-0.25, -0.2) is 8.42 Å². The second-order valence-corrected chi connectivity index (χ2v) is 7.04. The third-order valence-corrected chi connectivity index (χ3v) is 3.72. The van der Waals surface area contributed by atoms with Gasteiger partial charge in [-0.05, 0) is 13.8 Å². The summed E-state index contributed by atoms with van der Waals surface area (Å²) < 4.78 is 21.4. The molecule has 0 saturated heterocycles. The molecule has 0 saturated carbocycles. The molecule has 3 nitrogen and oxygen atoms in total. The van der Waals surface area contributed by atoms with Crippen LogP contribution in [0.2, 0.25) is 0 Å². The Labute approximate surface area is 79.0 Å². The van der Waals surface area contributed by atoms with Crippen LogP contribution in [0.1, 0.15) is 13.8 Å². The molecule has 0 aliphatic carbocycles. The predicted octanol–water partition coefficient (Wildman–Crippen LogP) is 0.502. The summed E-state index contributed by atoms with van der Waals surface area (Å²) in [6, 6.07) is 0. The highest BCUT2D eigenvalue weighted by atomic mass is 32.2. The highest BCUT2D eigenvalue weighted by molar-refractivity contribution is 8.00. The van der Waals surface area contributed by atoms with Gasteiger partial charge in [0.25, 0.3) is 0 Å². The standard InChI is InChI=1S/C7H17NO2S2/c1-7(2,8)6-11-4-5-12(3,9)10/h4-6,8H2,1-3H3. The maximum Gasteiger partial charge on any atom is 0.148 e. The summed E-state index contributed by atoms with van der Waals surface area (Å²) in [6.45, 7) is 3.86. The molecule has 0 amide bonds. The number of rotatable bonds is 5. The zero-order valence-corrected chi connectivity index (χ0v) is 9.46. The predicted molar refractivity (Wildman–Crippen MR) is 55.3 cm³/mol. The summed E-state index contributed by atoms with van der Waals surface area (Å²) in [4.78, 5) is 0. The van der Waals surface area contributed by atoms with Crippen molar-refractivity contribution in [2.75, 3.05) is 23.5 Å². The van der Waals surface area contributed by atoms with Crippen molar-refractivity contribution in [3.63, 3.8) is 0 Å². The van der Waals surface area contributed by atoms with Crippen LogP contribution >= 0.6 is 11.8 Å². The molecule has 0 aromatic rings. The first-order valence-electron chi connectivity index (χ1n) is 3.75. The molecule has 0 bridgehead atoms. The van der Waals surface area contributed by atoms with Crippen LogP contribution in [-0.4, -0.2) is 37.5 Å². The van der Waals surface area contributed by atoms with Gasteiger partial charge in [0.05, 0.1) is 5.75 Å². The molecule has 5 heteroatoms. The Morgan fingerprint density at radius 2 is 1.92 bits per heavy atom. The Hall–Kier alpha value is 0.260. The summed E-state index contributed by atoms with van der Waals surface area (Å²) in [6.07, 6.45) is 1.25. The molecule has 0 aliphatic heterocycles. The third-order valence-electron chi connectivity index (χ3n) is 1.07. The van der Waals surface area contributed by atoms with Crippen molar-refractivity contribution in [2.45, 2.75) is 19.4 Å². The monoisotopic (exact) mass is 211 g/mol. The van der Waals surface area contributed by atoms with E-state index in [-0.39, 0.29) is 11.3 Å². The lowest BCUT2D eigenvalue weighted by Gasteiger charge is -2.17. The normalized spacial score (nSPS) is 13.3. The number of thioether (sulfide) groups is 1. The van der Waals surface area contributed by atoms with E-state index in [0.29, 0.717) is 5.75 Å². The summed E-state index contributed by atoms with van der Waals surface area (Å²) >= 11 is 1.58. The number of hydrogen-bond donors (Lipinski definition) is 1. The van der Waals surface area contributed by atoms with Gasteiger partial charge in [0, 0.05) is 23.3 Å². The van der Waals surface area contributed by atoms with Crippen molar-refractivity contribution < 1.29 is 8.42 Å². The fourth-order valence-corrected chi connectivity index (χ4v) is 2.90. The van der Waals surface area contributed by atoms with Gasteiger partial charge in [-0.2, -0.15) is 11.8 Å². The van der Waals surface area contributed by atoms with Crippen molar-refractivity contribution in [2.24, 2.45) is 5.73 Å². The van der Waals surface area contributed by atoms with Gasteiger partial charge in [0.15, 0.2) is 0 Å². The van der Waals surface area contributed by atoms with Crippen molar-refractivity contribution >= 4 is 21.6 Å². The Morgan fingerprint density at radius 1 is 1.42 bits per heavy atom. The van der Waals surface area contributed by atoms with E-state index in [9.17, 15) is 8.42 Å². The lowest BCUT2D eigenvalue weighted by molar-refractivity contribution is 0.590. The van der Waals surface area contributed by atoms with Crippen molar-refractivity contribution in [3.8, 4) is 0 Å². The molecule has 0 heterocycles. The van der Waals surface area contributed by atoms with Gasteiger partial charge in [0.2, 0.25) is 0 Å². The lowest BCUT2D eigenvalue weighted by atomic mass is 10.1. The Kier molecular flexibility index (Phi) is 4.58. The van der Waals surface area contributed by atoms with E-state index in [2.05, 4.69) is 0 Å². The zero-order valence-electron chi connectivity index (χ0n) is 7.83. The molecule has 0 aliphatic rings. The van der Waals surface area contributed by atoms with Gasteiger partial charge >= 0.3 is 0 Å². The molecule has 12 heavy (non-hydrogen) atoms. The van der Waals surface area contributed by atoms with E-state index < -0.39 is 9.84 Å². The summed E-state index contributed by atoms with van der Waals surface area (Å²) in [5.41, 5.74) is 5.51. The number of sulfone groups is 1. The molecule has 0 aromatic carbocycles. The molecule has 0 aromatic heterocycles. The molecule has 0 rings (SSSR count). The average Bonchev–Trinajstić information content (AvgIpc) is 1.76. The highest BCUT2D eigenvalue weighted by Gasteiger charge is 2.10. The minimum atomic E-state index is -2.80. The van der Waals surface area contributed by atoms with Gasteiger partial charge in [0.1, 0.15) is 9.84 Å². The van der Waals surface area contributed by atoms with Crippen LogP contribution in [0.4, 0.5) is 0 Å². The van der Waals surface area contributed by atoms with Crippen LogP contribution in [0.25, 0.3) is 0 Å². The molecule has 2 N–H and O–H groups in total. The maximum absolute atomic E-state index is 10.7. The fourth-order valence-electron chi connectivity index (χ4n) is 0.546. The lowest BCUT2D eigenvalue weighted by Crippen LogP contribution is -2.35. The summed E-state index contributed by atoms with van der Waals surface area (Å²) in [5, 5.41) is 0. The Balaban J connectivity index is 3.48. The van der Waals surface area contributed by atoms with Crippen LogP contribution in [0.3, 0.4) is 0 Å². The molecule has 0 spiro atoms. The maximum atomic E-state index is 10.7. The van der Waals surface area contributed by atoms with Gasteiger partial charge in [-0.15, -0.1) is 0 Å². The van der Waals surface area contributed by atoms with E-state index in [1.54, 1.807) is 11.8 Å². The topological polar surface area (TPSA) is 60.2 Å². The van der Waals surface area contributed by atoms with E-state index in [0.717, 1.165) is 5.75 Å². The highest BCUT2D eigenvalue weighted by Crippen LogP contribution is 2.09. The minimum Gasteiger partial charge on any atom is -0.325 e. The Bertz CT molecular complexity index is 216. The van der Waals surface area contributed by atoms with E-state index in [1.807, 2.05) is 13.8 Å². The molecular formula is C7H17NO2S2. The molecule has 0 fully saturated rings. The minimum absolute atomic E-state index is 0.206. The van der Waals surface area contributed by atoms with Crippen LogP contribution in [0.15, 0.2) is 0 Å². The van der Waals surface area contributed by atoms with Crippen LogP contribution in [0, 0.1) is 0 Å². The number of hydrogen-bond acceptors (Lipinski definition) is 4. The summed E-state index contributed by atoms with van der Waals surface area (Å²) in [5.74, 6) is 1.68. The van der Waals surface area contributed by atoms with Gasteiger partial charge < -0.3 is 5.73 Å². The second-order valence-electron chi connectivity index (χ2n) is 3.67. The molecule has 0 radical (unpaired) electrons. The van der Waals surface area contributed by atoms with Crippen molar-refractivity contribution in [3.05, 3.63) is 0 Å². The van der Waals surface area contributed by atoms with E-state index in [4.69, 9.17) is 5.73 Å². The summed E-state index contributed by atoms with van der Waals surface area (Å²) in [7, 11) is -2.80.